The molecule has 1 N–H and O–H groups in total. The minimum Gasteiger partial charge on any atom is -0.496 e. The normalized spacial score (nSPS) is 12.9. The number of carbonyl (C=O) groups excluding carboxylic acids is 1. The molecule has 0 aliphatic rings. The molecule has 0 bridgehead atoms. The molecule has 1 rings (SSSR count). The summed E-state index contributed by atoms with van der Waals surface area (Å²) in [6.45, 7) is 3.99. The fourth-order valence-corrected chi connectivity index (χ4v) is 1.91. The van der Waals surface area contributed by atoms with Crippen LogP contribution in [0.15, 0.2) is 12.1 Å². The molecule has 20 heavy (non-hydrogen) atoms. The zero-order chi connectivity index (χ0) is 15.5. The highest BCUT2D eigenvalue weighted by atomic mass is 19.3. The van der Waals surface area contributed by atoms with E-state index in [1.165, 1.54) is 19.2 Å². The number of esters is 1. The zero-order valence-electron chi connectivity index (χ0n) is 11.9. The van der Waals surface area contributed by atoms with Crippen LogP contribution in [0.5, 0.6) is 5.75 Å². The van der Waals surface area contributed by atoms with Gasteiger partial charge in [0.2, 0.25) is 0 Å². The van der Waals surface area contributed by atoms with Crippen LogP contribution in [0.1, 0.15) is 36.6 Å². The van der Waals surface area contributed by atoms with E-state index >= 15 is 0 Å². The first-order chi connectivity index (χ1) is 9.22. The maximum atomic E-state index is 13.6. The number of rotatable bonds is 5. The summed E-state index contributed by atoms with van der Waals surface area (Å²) in [7, 11) is 1.21. The Hall–Kier alpha value is -1.69. The lowest BCUT2D eigenvalue weighted by molar-refractivity contribution is -0.153. The molecule has 0 amide bonds. The van der Waals surface area contributed by atoms with Crippen molar-refractivity contribution in [2.45, 2.75) is 32.8 Å². The van der Waals surface area contributed by atoms with Gasteiger partial charge in [0.1, 0.15) is 5.75 Å². The molecule has 1 unspecified atom stereocenters. The van der Waals surface area contributed by atoms with Crippen molar-refractivity contribution >= 4 is 5.97 Å². The van der Waals surface area contributed by atoms with E-state index in [1.54, 1.807) is 13.8 Å². The predicted octanol–water partition coefficient (Wildman–Crippen LogP) is 2.71. The first kappa shape index (κ1) is 16.4. The Bertz CT molecular complexity index is 495. The molecular formula is C14H18F2O4. The van der Waals surface area contributed by atoms with Gasteiger partial charge >= 0.3 is 5.97 Å². The van der Waals surface area contributed by atoms with Gasteiger partial charge in [-0.25, -0.2) is 13.6 Å². The molecule has 0 aromatic heterocycles. The van der Waals surface area contributed by atoms with Crippen LogP contribution in [-0.4, -0.2) is 24.8 Å². The van der Waals surface area contributed by atoms with Crippen molar-refractivity contribution < 1.29 is 28.2 Å². The molecule has 0 aliphatic heterocycles. The largest absolute Gasteiger partial charge is 0.496 e. The third-order valence-electron chi connectivity index (χ3n) is 2.74. The minimum atomic E-state index is -3.15. The zero-order valence-corrected chi connectivity index (χ0v) is 11.9. The number of carbonyl (C=O) groups is 1. The van der Waals surface area contributed by atoms with E-state index in [9.17, 15) is 18.7 Å². The van der Waals surface area contributed by atoms with Gasteiger partial charge in [0.15, 0.2) is 6.10 Å². The summed E-state index contributed by atoms with van der Waals surface area (Å²) in [5.41, 5.74) is 0.0847. The molecule has 0 aliphatic carbocycles. The topological polar surface area (TPSA) is 55.8 Å². The standard InChI is InChI=1S/C14H18F2O4/c1-5-20-13(18)11(17)9-6-8(2)7-10(12(9)19-4)14(3,15)16/h6-7,11,17H,5H2,1-4H3. The fourth-order valence-electron chi connectivity index (χ4n) is 1.91. The second-order valence-corrected chi connectivity index (χ2v) is 4.48. The molecular weight excluding hydrogens is 270 g/mol. The van der Waals surface area contributed by atoms with Crippen LogP contribution in [0.3, 0.4) is 0 Å². The van der Waals surface area contributed by atoms with Gasteiger partial charge in [-0.15, -0.1) is 0 Å². The first-order valence-corrected chi connectivity index (χ1v) is 6.13. The van der Waals surface area contributed by atoms with Crippen molar-refractivity contribution in [2.75, 3.05) is 13.7 Å². The van der Waals surface area contributed by atoms with Crippen LogP contribution in [-0.2, 0) is 15.5 Å². The van der Waals surface area contributed by atoms with Gasteiger partial charge in [0.25, 0.3) is 5.92 Å². The number of alkyl halides is 2. The van der Waals surface area contributed by atoms with E-state index in [0.29, 0.717) is 5.56 Å². The van der Waals surface area contributed by atoms with Crippen molar-refractivity contribution in [3.05, 3.63) is 28.8 Å². The molecule has 0 spiro atoms. The van der Waals surface area contributed by atoms with Crippen LogP contribution in [0.25, 0.3) is 0 Å². The Kier molecular flexibility index (Phi) is 5.05. The highest BCUT2D eigenvalue weighted by molar-refractivity contribution is 5.77. The quantitative estimate of drug-likeness (QED) is 0.846. The Labute approximate surface area is 116 Å². The Morgan fingerprint density at radius 3 is 2.50 bits per heavy atom. The van der Waals surface area contributed by atoms with Crippen molar-refractivity contribution in [1.82, 2.24) is 0 Å². The monoisotopic (exact) mass is 288 g/mol. The van der Waals surface area contributed by atoms with Crippen LogP contribution in [0.2, 0.25) is 0 Å². The number of benzene rings is 1. The smallest absolute Gasteiger partial charge is 0.339 e. The summed E-state index contributed by atoms with van der Waals surface area (Å²) in [4.78, 5) is 11.6. The summed E-state index contributed by atoms with van der Waals surface area (Å²) in [6, 6.07) is 2.69. The number of aliphatic hydroxyl groups is 1. The van der Waals surface area contributed by atoms with Crippen LogP contribution < -0.4 is 4.74 Å². The summed E-state index contributed by atoms with van der Waals surface area (Å²) >= 11 is 0. The molecule has 1 aromatic rings. The highest BCUT2D eigenvalue weighted by Gasteiger charge is 2.33. The number of hydrogen-bond donors (Lipinski definition) is 1. The molecule has 0 radical (unpaired) electrons. The van der Waals surface area contributed by atoms with E-state index < -0.39 is 18.0 Å². The molecule has 1 aromatic carbocycles. The number of hydrogen-bond acceptors (Lipinski definition) is 4. The average Bonchev–Trinajstić information content (AvgIpc) is 2.36. The molecule has 0 fully saturated rings. The number of aliphatic hydroxyl groups excluding tert-OH is 1. The molecule has 4 nitrogen and oxygen atoms in total. The Balaban J connectivity index is 3.39. The molecule has 6 heteroatoms. The van der Waals surface area contributed by atoms with Crippen molar-refractivity contribution in [2.24, 2.45) is 0 Å². The summed E-state index contributed by atoms with van der Waals surface area (Å²) in [5.74, 6) is -4.26. The van der Waals surface area contributed by atoms with E-state index in [4.69, 9.17) is 9.47 Å². The van der Waals surface area contributed by atoms with Gasteiger partial charge in [0, 0.05) is 12.5 Å². The maximum absolute atomic E-state index is 13.6. The first-order valence-electron chi connectivity index (χ1n) is 6.13. The Morgan fingerprint density at radius 2 is 2.05 bits per heavy atom. The number of halogens is 2. The maximum Gasteiger partial charge on any atom is 0.339 e. The number of aryl methyl sites for hydroxylation is 1. The summed E-state index contributed by atoms with van der Waals surface area (Å²) < 4.78 is 36.8. The second kappa shape index (κ2) is 6.17. The van der Waals surface area contributed by atoms with E-state index in [2.05, 4.69) is 0 Å². The third kappa shape index (κ3) is 3.45. The van der Waals surface area contributed by atoms with Crippen molar-refractivity contribution in [3.63, 3.8) is 0 Å². The third-order valence-corrected chi connectivity index (χ3v) is 2.74. The van der Waals surface area contributed by atoms with Crippen molar-refractivity contribution in [3.8, 4) is 5.75 Å². The molecule has 0 heterocycles. The minimum absolute atomic E-state index is 0.0255. The summed E-state index contributed by atoms with van der Waals surface area (Å²) in [6.07, 6.45) is -1.66. The Morgan fingerprint density at radius 1 is 1.45 bits per heavy atom. The highest BCUT2D eigenvalue weighted by Crippen LogP contribution is 2.40. The average molecular weight is 288 g/mol. The molecule has 0 saturated heterocycles. The van der Waals surface area contributed by atoms with Gasteiger partial charge in [-0.1, -0.05) is 0 Å². The SMILES string of the molecule is CCOC(=O)C(O)c1cc(C)cc(C(C)(F)F)c1OC. The fraction of sp³-hybridized carbons (Fsp3) is 0.500. The lowest BCUT2D eigenvalue weighted by Crippen LogP contribution is -2.19. The van der Waals surface area contributed by atoms with Gasteiger partial charge < -0.3 is 14.6 Å². The van der Waals surface area contributed by atoms with Gasteiger partial charge in [-0.05, 0) is 31.5 Å². The lowest BCUT2D eigenvalue weighted by Gasteiger charge is -2.21. The van der Waals surface area contributed by atoms with E-state index in [1.807, 2.05) is 0 Å². The summed E-state index contributed by atoms with van der Waals surface area (Å²) in [5, 5.41) is 9.95. The second-order valence-electron chi connectivity index (χ2n) is 4.48. The van der Waals surface area contributed by atoms with E-state index in [-0.39, 0.29) is 23.5 Å². The lowest BCUT2D eigenvalue weighted by atomic mass is 9.97. The van der Waals surface area contributed by atoms with E-state index in [0.717, 1.165) is 6.92 Å². The van der Waals surface area contributed by atoms with Gasteiger partial charge in [-0.3, -0.25) is 0 Å². The number of methoxy groups -OCH3 is 1. The number of ether oxygens (including phenoxy) is 2. The van der Waals surface area contributed by atoms with Crippen LogP contribution in [0, 0.1) is 6.92 Å². The molecule has 112 valence electrons. The van der Waals surface area contributed by atoms with Gasteiger partial charge in [0.05, 0.1) is 19.3 Å². The molecule has 1 atom stereocenters. The molecule has 0 saturated carbocycles. The van der Waals surface area contributed by atoms with Crippen LogP contribution >= 0.6 is 0 Å². The predicted molar refractivity (Wildman–Crippen MR) is 68.9 cm³/mol. The van der Waals surface area contributed by atoms with Crippen LogP contribution in [0.4, 0.5) is 8.78 Å². The van der Waals surface area contributed by atoms with Crippen molar-refractivity contribution in [1.29, 1.82) is 0 Å². The van der Waals surface area contributed by atoms with Gasteiger partial charge in [-0.2, -0.15) is 0 Å².